The molecule has 3 heterocycles. The third-order valence-electron chi connectivity index (χ3n) is 5.27. The molecule has 0 saturated carbocycles. The Bertz CT molecular complexity index is 1210. The minimum absolute atomic E-state index is 0.00762. The first-order valence-corrected chi connectivity index (χ1v) is 12.3. The molecule has 0 radical (unpaired) electrons. The zero-order valence-electron chi connectivity index (χ0n) is 21.2. The van der Waals surface area contributed by atoms with Gasteiger partial charge in [0.15, 0.2) is 11.3 Å². The molecular formula is C24H29N5O7S. The largest absolute Gasteiger partial charge is 0.382 e. The molecule has 12 nitrogen and oxygen atoms in total. The van der Waals surface area contributed by atoms with Crippen molar-refractivity contribution in [3.8, 4) is 0 Å². The maximum Gasteiger partial charge on any atom is 0.274 e. The zero-order chi connectivity index (χ0) is 27.2. The number of nitrogens with one attached hydrogen (secondary N) is 2. The van der Waals surface area contributed by atoms with Crippen molar-refractivity contribution in [1.29, 1.82) is 0 Å². The van der Waals surface area contributed by atoms with Crippen LogP contribution in [0.3, 0.4) is 0 Å². The molecule has 0 aliphatic carbocycles. The van der Waals surface area contributed by atoms with Gasteiger partial charge in [0.1, 0.15) is 23.6 Å². The van der Waals surface area contributed by atoms with Gasteiger partial charge in [-0.1, -0.05) is 10.7 Å². The van der Waals surface area contributed by atoms with Gasteiger partial charge in [-0.15, -0.1) is 11.3 Å². The first-order valence-electron chi connectivity index (χ1n) is 11.4. The summed E-state index contributed by atoms with van der Waals surface area (Å²) in [4.78, 5) is 60.1. The molecule has 1 unspecified atom stereocenters. The third kappa shape index (κ3) is 7.71. The molecule has 37 heavy (non-hydrogen) atoms. The summed E-state index contributed by atoms with van der Waals surface area (Å²) in [6, 6.07) is -0.894. The third-order valence-corrected chi connectivity index (χ3v) is 5.91. The quantitative estimate of drug-likeness (QED) is 0.302. The summed E-state index contributed by atoms with van der Waals surface area (Å²) in [5, 5.41) is 10.5. The predicted octanol–water partition coefficient (Wildman–Crippen LogP) is 1.20. The van der Waals surface area contributed by atoms with Crippen molar-refractivity contribution in [3.63, 3.8) is 0 Å². The van der Waals surface area contributed by atoms with Crippen LogP contribution in [0.2, 0.25) is 0 Å². The molecule has 1 saturated heterocycles. The Labute approximate surface area is 217 Å². The zero-order valence-corrected chi connectivity index (χ0v) is 22.0. The summed E-state index contributed by atoms with van der Waals surface area (Å²) in [7, 11) is 1.37. The van der Waals surface area contributed by atoms with Crippen LogP contribution in [0.1, 0.15) is 42.7 Å². The fraction of sp³-hybridized carbons (Fsp3) is 0.458. The number of thiazole rings is 1. The molecule has 1 fully saturated rings. The van der Waals surface area contributed by atoms with E-state index in [1.54, 1.807) is 38.6 Å². The number of rotatable bonds is 12. The highest BCUT2D eigenvalue weighted by Gasteiger charge is 2.48. The van der Waals surface area contributed by atoms with E-state index < -0.39 is 41.2 Å². The summed E-state index contributed by atoms with van der Waals surface area (Å²) >= 11 is 1.33. The van der Waals surface area contributed by atoms with Gasteiger partial charge in [0, 0.05) is 25.0 Å². The number of carbonyl (C=O) groups excluding carboxylic acids is 4. The van der Waals surface area contributed by atoms with Gasteiger partial charge in [-0.2, -0.15) is 0 Å². The molecule has 2 aromatic rings. The smallest absolute Gasteiger partial charge is 0.274 e. The van der Waals surface area contributed by atoms with E-state index in [1.165, 1.54) is 30.6 Å². The molecule has 1 aliphatic heterocycles. The number of nitrogens with zero attached hydrogens (tertiary/aromatic N) is 3. The van der Waals surface area contributed by atoms with Gasteiger partial charge in [0.25, 0.3) is 11.8 Å². The normalized spacial score (nSPS) is 18.5. The van der Waals surface area contributed by atoms with Gasteiger partial charge in [0.2, 0.25) is 11.7 Å². The number of epoxide rings is 1. The Morgan fingerprint density at radius 3 is 2.54 bits per heavy atom. The van der Waals surface area contributed by atoms with Crippen molar-refractivity contribution in [2.45, 2.75) is 51.8 Å². The first-order chi connectivity index (χ1) is 17.5. The number of aliphatic imine (C=N–C) groups is 1. The Kier molecular flexibility index (Phi) is 9.18. The monoisotopic (exact) mass is 531 g/mol. The molecule has 0 spiro atoms. The van der Waals surface area contributed by atoms with E-state index in [0.717, 1.165) is 5.57 Å². The molecule has 198 valence electrons. The van der Waals surface area contributed by atoms with Crippen molar-refractivity contribution in [2.75, 3.05) is 20.3 Å². The number of carbonyl (C=O) groups is 4. The molecule has 0 aromatic carbocycles. The SMILES string of the molecule is COCC(NC(=O)c1cc(C)on1)C(=O)N[C@@H](Cc1cscn1)C(=O)N=C(C=C(C)C)C(=O)[C@@]1(C)CO1. The van der Waals surface area contributed by atoms with Crippen LogP contribution < -0.4 is 10.6 Å². The van der Waals surface area contributed by atoms with E-state index in [-0.39, 0.29) is 31.0 Å². The lowest BCUT2D eigenvalue weighted by atomic mass is 10.0. The Morgan fingerprint density at radius 2 is 2.00 bits per heavy atom. The van der Waals surface area contributed by atoms with E-state index in [9.17, 15) is 19.2 Å². The van der Waals surface area contributed by atoms with Crippen LogP contribution in [0, 0.1) is 6.92 Å². The second-order valence-corrected chi connectivity index (χ2v) is 9.67. The molecular weight excluding hydrogens is 502 g/mol. The predicted molar refractivity (Wildman–Crippen MR) is 133 cm³/mol. The second kappa shape index (κ2) is 12.1. The first kappa shape index (κ1) is 28.0. The van der Waals surface area contributed by atoms with Gasteiger partial charge in [-0.05, 0) is 33.8 Å². The summed E-state index contributed by atoms with van der Waals surface area (Å²) in [5.41, 5.74) is 1.81. The maximum absolute atomic E-state index is 13.3. The van der Waals surface area contributed by atoms with Gasteiger partial charge in [-0.25, -0.2) is 9.98 Å². The molecule has 2 N–H and O–H groups in total. The van der Waals surface area contributed by atoms with E-state index in [0.29, 0.717) is 11.5 Å². The Hall–Kier alpha value is -3.55. The van der Waals surface area contributed by atoms with E-state index in [1.807, 2.05) is 0 Å². The molecule has 3 rings (SSSR count). The lowest BCUT2D eigenvalue weighted by Gasteiger charge is -2.21. The minimum Gasteiger partial charge on any atom is -0.382 e. The fourth-order valence-corrected chi connectivity index (χ4v) is 3.78. The van der Waals surface area contributed by atoms with E-state index >= 15 is 0 Å². The highest BCUT2D eigenvalue weighted by molar-refractivity contribution is 7.07. The van der Waals surface area contributed by atoms with Crippen LogP contribution in [0.5, 0.6) is 0 Å². The number of aromatic nitrogens is 2. The summed E-state index contributed by atoms with van der Waals surface area (Å²) < 4.78 is 15.2. The van der Waals surface area contributed by atoms with Crippen LogP contribution in [-0.2, 0) is 30.3 Å². The minimum atomic E-state index is -1.17. The van der Waals surface area contributed by atoms with Crippen LogP contribution in [0.4, 0.5) is 0 Å². The van der Waals surface area contributed by atoms with Gasteiger partial charge < -0.3 is 24.6 Å². The molecule has 3 amide bonds. The van der Waals surface area contributed by atoms with E-state index in [2.05, 4.69) is 25.8 Å². The molecule has 0 bridgehead atoms. The average molecular weight is 532 g/mol. The topological polar surface area (TPSA) is 165 Å². The van der Waals surface area contributed by atoms with Crippen molar-refractivity contribution in [2.24, 2.45) is 4.99 Å². The van der Waals surface area contributed by atoms with Crippen LogP contribution in [0.15, 0.2) is 38.1 Å². The van der Waals surface area contributed by atoms with Gasteiger partial charge in [0.05, 0.1) is 24.4 Å². The van der Waals surface area contributed by atoms with Crippen molar-refractivity contribution < 1.29 is 33.2 Å². The van der Waals surface area contributed by atoms with Crippen LogP contribution in [-0.4, -0.2) is 77.4 Å². The average Bonchev–Trinajstić information content (AvgIpc) is 3.20. The summed E-state index contributed by atoms with van der Waals surface area (Å²) in [5.74, 6) is -2.08. The number of hydrogen-bond donors (Lipinski definition) is 2. The number of methoxy groups -OCH3 is 1. The summed E-state index contributed by atoms with van der Waals surface area (Å²) in [6.45, 7) is 6.85. The number of amides is 3. The second-order valence-electron chi connectivity index (χ2n) is 8.95. The van der Waals surface area contributed by atoms with Crippen molar-refractivity contribution >= 4 is 40.6 Å². The van der Waals surface area contributed by atoms with Gasteiger partial charge >= 0.3 is 0 Å². The van der Waals surface area contributed by atoms with Gasteiger partial charge in [-0.3, -0.25) is 19.2 Å². The Morgan fingerprint density at radius 1 is 1.27 bits per heavy atom. The number of ketones is 1. The Balaban J connectivity index is 1.83. The van der Waals surface area contributed by atoms with Crippen molar-refractivity contribution in [1.82, 2.24) is 20.8 Å². The number of hydrogen-bond acceptors (Lipinski definition) is 10. The van der Waals surface area contributed by atoms with Crippen LogP contribution in [0.25, 0.3) is 0 Å². The molecule has 3 atom stereocenters. The highest BCUT2D eigenvalue weighted by atomic mass is 32.1. The highest BCUT2D eigenvalue weighted by Crippen LogP contribution is 2.28. The summed E-state index contributed by atoms with van der Waals surface area (Å²) in [6.07, 6.45) is 1.53. The van der Waals surface area contributed by atoms with Crippen LogP contribution >= 0.6 is 11.3 Å². The van der Waals surface area contributed by atoms with Crippen molar-refractivity contribution in [3.05, 3.63) is 45.8 Å². The fourth-order valence-electron chi connectivity index (χ4n) is 3.20. The lowest BCUT2D eigenvalue weighted by molar-refractivity contribution is -0.129. The standard InChI is InChI=1S/C24H29N5O7S/c1-13(2)6-16(20(30)24(4)11-35-24)26-21(31)17(8-15-10-37-12-25-15)27-23(33)19(9-34-5)28-22(32)18-7-14(3)36-29-18/h6-7,10,12,17,19H,8-9,11H2,1-5H3,(H,27,33)(H,28,32)/t17-,19?,24+/m0/s1. The number of ether oxygens (including phenoxy) is 2. The number of allylic oxidation sites excluding steroid dienone is 2. The molecule has 13 heteroatoms. The van der Waals surface area contributed by atoms with E-state index in [4.69, 9.17) is 14.0 Å². The lowest BCUT2D eigenvalue weighted by Crippen LogP contribution is -2.54. The number of Topliss-reactive ketones (excluding diaryl/α,β-unsaturated/α-hetero) is 1. The molecule has 1 aliphatic rings. The maximum atomic E-state index is 13.3. The number of aryl methyl sites for hydroxylation is 1. The molecule has 2 aromatic heterocycles.